The Morgan fingerprint density at radius 2 is 1.82 bits per heavy atom. The number of aliphatic carboxylic acids is 1. The fourth-order valence-corrected chi connectivity index (χ4v) is 5.77. The van der Waals surface area contributed by atoms with Gasteiger partial charge in [0.25, 0.3) is 10.0 Å². The molecule has 7 nitrogen and oxygen atoms in total. The zero-order chi connectivity index (χ0) is 29.4. The van der Waals surface area contributed by atoms with E-state index in [9.17, 15) is 44.7 Å². The van der Waals surface area contributed by atoms with E-state index in [0.29, 0.717) is 12.1 Å². The number of rotatable bonds is 8. The average molecular weight is 590 g/mol. The molecule has 1 heterocycles. The molecule has 1 aliphatic rings. The average Bonchev–Trinajstić information content (AvgIpc) is 2.86. The maximum absolute atomic E-state index is 14.2. The smallest absolute Gasteiger partial charge is 0.416 e. The van der Waals surface area contributed by atoms with E-state index in [1.54, 1.807) is 0 Å². The normalized spacial score (nSPS) is 16.3. The molecule has 1 aliphatic heterocycles. The number of ether oxygens (including phenoxy) is 2. The summed E-state index contributed by atoms with van der Waals surface area (Å²) in [5.41, 5.74) is -1.13. The monoisotopic (exact) mass is 589 g/mol. The van der Waals surface area contributed by atoms with Crippen LogP contribution >= 0.6 is 0 Å². The zero-order valence-corrected chi connectivity index (χ0v) is 21.3. The number of carboxylic acid groups (broad SMARTS) is 1. The van der Waals surface area contributed by atoms with E-state index in [-0.39, 0.29) is 29.0 Å². The number of hydrogen-bond acceptors (Lipinski definition) is 5. The van der Waals surface area contributed by atoms with Crippen molar-refractivity contribution in [2.45, 2.75) is 37.1 Å². The lowest BCUT2D eigenvalue weighted by Gasteiger charge is -2.38. The molecule has 1 unspecified atom stereocenters. The van der Waals surface area contributed by atoms with Crippen LogP contribution in [-0.4, -0.2) is 38.8 Å². The predicted molar refractivity (Wildman–Crippen MR) is 130 cm³/mol. The number of fused-ring (bicyclic) bond motifs is 1. The highest BCUT2D eigenvalue weighted by Gasteiger charge is 2.39. The van der Waals surface area contributed by atoms with Gasteiger partial charge in [-0.15, -0.1) is 0 Å². The number of anilines is 1. The van der Waals surface area contributed by atoms with Crippen molar-refractivity contribution in [2.24, 2.45) is 5.92 Å². The van der Waals surface area contributed by atoms with Gasteiger partial charge in [0.05, 0.1) is 29.1 Å². The Morgan fingerprint density at radius 3 is 2.48 bits per heavy atom. The third-order valence-electron chi connectivity index (χ3n) is 6.16. The molecule has 40 heavy (non-hydrogen) atoms. The minimum atomic E-state index is -4.82. The quantitative estimate of drug-likeness (QED) is 0.316. The zero-order valence-electron chi connectivity index (χ0n) is 20.5. The van der Waals surface area contributed by atoms with Crippen molar-refractivity contribution < 1.29 is 54.1 Å². The lowest BCUT2D eigenvalue weighted by atomic mass is 9.98. The highest BCUT2D eigenvalue weighted by molar-refractivity contribution is 7.92. The van der Waals surface area contributed by atoms with Crippen LogP contribution in [-0.2, 0) is 21.0 Å². The standard InChI is InChI=1S/C26H21F6NO6S/c1-14(7-24(34)35)23-13-33(40(36,37)20-4-2-3-17(11-20)26(30,31)32)21-10-15(5-6-22(21)39-23)16-8-18(27)12-19(9-16)38-25(28)29/h2-6,8-12,14,23,25H,7,13H2,1H3,(H,34,35)/t14?,23-/m1/s1. The van der Waals surface area contributed by atoms with Gasteiger partial charge in [0.2, 0.25) is 0 Å². The summed E-state index contributed by atoms with van der Waals surface area (Å²) in [6, 6.07) is 9.90. The number of alkyl halides is 5. The molecule has 214 valence electrons. The maximum atomic E-state index is 14.2. The molecule has 2 atom stereocenters. The first-order chi connectivity index (χ1) is 18.6. The second-order valence-corrected chi connectivity index (χ2v) is 10.9. The number of hydrogen-bond donors (Lipinski definition) is 1. The summed E-state index contributed by atoms with van der Waals surface area (Å²) >= 11 is 0. The number of benzene rings is 3. The fraction of sp³-hybridized carbons (Fsp3) is 0.269. The van der Waals surface area contributed by atoms with Crippen LogP contribution in [0.5, 0.6) is 11.5 Å². The van der Waals surface area contributed by atoms with Gasteiger partial charge in [0.15, 0.2) is 0 Å². The lowest BCUT2D eigenvalue weighted by molar-refractivity contribution is -0.139. The summed E-state index contributed by atoms with van der Waals surface area (Å²) in [5.74, 6) is -3.32. The van der Waals surface area contributed by atoms with Crippen LogP contribution in [0.3, 0.4) is 0 Å². The fourth-order valence-electron chi connectivity index (χ4n) is 4.24. The molecule has 0 aliphatic carbocycles. The van der Waals surface area contributed by atoms with Gasteiger partial charge in [-0.25, -0.2) is 12.8 Å². The Hall–Kier alpha value is -3.94. The summed E-state index contributed by atoms with van der Waals surface area (Å²) < 4.78 is 118. The summed E-state index contributed by atoms with van der Waals surface area (Å²) in [6.45, 7) is -2.17. The highest BCUT2D eigenvalue weighted by atomic mass is 32.2. The Kier molecular flexibility index (Phi) is 7.92. The van der Waals surface area contributed by atoms with Gasteiger partial charge >= 0.3 is 18.8 Å². The van der Waals surface area contributed by atoms with Crippen LogP contribution in [0, 0.1) is 11.7 Å². The van der Waals surface area contributed by atoms with Crippen LogP contribution in [0.2, 0.25) is 0 Å². The first-order valence-corrected chi connectivity index (χ1v) is 13.1. The largest absolute Gasteiger partial charge is 0.486 e. The molecule has 0 saturated carbocycles. The third kappa shape index (κ3) is 6.27. The minimum absolute atomic E-state index is 0.0340. The summed E-state index contributed by atoms with van der Waals surface area (Å²) in [6.07, 6.45) is -6.20. The SMILES string of the molecule is CC(CC(=O)O)[C@H]1CN(S(=O)(=O)c2cccc(C(F)(F)F)c2)c2cc(-c3cc(F)cc(OC(F)F)c3)ccc2O1. The van der Waals surface area contributed by atoms with Crippen molar-refractivity contribution >= 4 is 21.7 Å². The first-order valence-electron chi connectivity index (χ1n) is 11.6. The molecule has 0 saturated heterocycles. The van der Waals surface area contributed by atoms with Gasteiger partial charge in [-0.3, -0.25) is 9.10 Å². The van der Waals surface area contributed by atoms with Crippen molar-refractivity contribution in [1.82, 2.24) is 0 Å². The van der Waals surface area contributed by atoms with Crippen LogP contribution in [0.15, 0.2) is 65.6 Å². The lowest BCUT2D eigenvalue weighted by Crippen LogP contribution is -2.46. The predicted octanol–water partition coefficient (Wildman–Crippen LogP) is 6.18. The molecule has 0 amide bonds. The summed E-state index contributed by atoms with van der Waals surface area (Å²) in [7, 11) is -4.68. The number of halogens is 6. The van der Waals surface area contributed by atoms with E-state index in [1.807, 2.05) is 0 Å². The Bertz CT molecular complexity index is 1530. The van der Waals surface area contributed by atoms with E-state index in [1.165, 1.54) is 25.1 Å². The van der Waals surface area contributed by atoms with E-state index < -0.39 is 69.4 Å². The molecule has 14 heteroatoms. The topological polar surface area (TPSA) is 93.1 Å². The molecule has 0 radical (unpaired) electrons. The van der Waals surface area contributed by atoms with Gasteiger partial charge < -0.3 is 14.6 Å². The molecule has 0 aromatic heterocycles. The first kappa shape index (κ1) is 29.1. The van der Waals surface area contributed by atoms with Gasteiger partial charge in [0, 0.05) is 12.0 Å². The molecule has 4 rings (SSSR count). The molecule has 0 bridgehead atoms. The van der Waals surface area contributed by atoms with Gasteiger partial charge in [0.1, 0.15) is 23.4 Å². The third-order valence-corrected chi connectivity index (χ3v) is 7.94. The summed E-state index contributed by atoms with van der Waals surface area (Å²) in [5, 5.41) is 9.20. The molecule has 3 aromatic rings. The molecular weight excluding hydrogens is 568 g/mol. The van der Waals surface area contributed by atoms with Crippen LogP contribution in [0.4, 0.5) is 32.0 Å². The van der Waals surface area contributed by atoms with Gasteiger partial charge in [-0.2, -0.15) is 22.0 Å². The van der Waals surface area contributed by atoms with E-state index >= 15 is 0 Å². The number of sulfonamides is 1. The summed E-state index contributed by atoms with van der Waals surface area (Å²) in [4.78, 5) is 10.6. The number of carbonyl (C=O) groups is 1. The molecule has 3 aromatic carbocycles. The van der Waals surface area contributed by atoms with Gasteiger partial charge in [-0.1, -0.05) is 19.1 Å². The molecule has 0 spiro atoms. The number of nitrogens with zero attached hydrogens (tertiary/aromatic N) is 1. The highest BCUT2D eigenvalue weighted by Crippen LogP contribution is 2.42. The minimum Gasteiger partial charge on any atom is -0.486 e. The second-order valence-electron chi connectivity index (χ2n) is 9.03. The van der Waals surface area contributed by atoms with Crippen molar-refractivity contribution in [1.29, 1.82) is 0 Å². The van der Waals surface area contributed by atoms with E-state index in [0.717, 1.165) is 34.6 Å². The van der Waals surface area contributed by atoms with Crippen LogP contribution < -0.4 is 13.8 Å². The Labute approximate surface area is 224 Å². The Balaban J connectivity index is 1.84. The molecular formula is C26H21F6NO6S. The maximum Gasteiger partial charge on any atom is 0.416 e. The molecule has 1 N–H and O–H groups in total. The van der Waals surface area contributed by atoms with Crippen molar-refractivity contribution in [3.8, 4) is 22.6 Å². The molecule has 0 fully saturated rings. The van der Waals surface area contributed by atoms with E-state index in [4.69, 9.17) is 4.74 Å². The Morgan fingerprint density at radius 1 is 1.10 bits per heavy atom. The van der Waals surface area contributed by atoms with Crippen LogP contribution in [0.25, 0.3) is 11.1 Å². The number of carboxylic acids is 1. The van der Waals surface area contributed by atoms with Crippen LogP contribution in [0.1, 0.15) is 18.9 Å². The van der Waals surface area contributed by atoms with Crippen molar-refractivity contribution in [2.75, 3.05) is 10.8 Å². The van der Waals surface area contributed by atoms with Gasteiger partial charge in [-0.05, 0) is 53.6 Å². The van der Waals surface area contributed by atoms with E-state index in [2.05, 4.69) is 4.74 Å². The van der Waals surface area contributed by atoms with Crippen molar-refractivity contribution in [3.05, 3.63) is 72.0 Å². The van der Waals surface area contributed by atoms with Crippen molar-refractivity contribution in [3.63, 3.8) is 0 Å². The second kappa shape index (κ2) is 10.9.